The van der Waals surface area contributed by atoms with E-state index in [1.165, 1.54) is 6.42 Å². The Morgan fingerprint density at radius 1 is 1.46 bits per heavy atom. The summed E-state index contributed by atoms with van der Waals surface area (Å²) in [6.07, 6.45) is 2.35. The molecule has 0 amide bonds. The minimum Gasteiger partial charge on any atom is -0.199 e. The largest absolute Gasteiger partial charge is 0.199 e. The van der Waals surface area contributed by atoms with Gasteiger partial charge in [-0.15, -0.1) is 0 Å². The van der Waals surface area contributed by atoms with Crippen LogP contribution in [0, 0.1) is 23.2 Å². The van der Waals surface area contributed by atoms with E-state index in [-0.39, 0.29) is 5.31 Å². The van der Waals surface area contributed by atoms with Crippen molar-refractivity contribution in [2.45, 2.75) is 51.7 Å². The molecule has 1 saturated carbocycles. The Labute approximate surface area is 82.8 Å². The molecule has 1 rings (SSSR count). The first-order valence-corrected chi connectivity index (χ1v) is 5.41. The molecular formula is C11H20BN. The minimum atomic E-state index is -0.00637. The number of nitriles is 1. The molecule has 0 aliphatic heterocycles. The van der Waals surface area contributed by atoms with Crippen LogP contribution in [-0.4, -0.2) is 7.28 Å². The maximum Gasteiger partial charge on any atom is 0.149 e. The van der Waals surface area contributed by atoms with E-state index in [9.17, 15) is 5.26 Å². The van der Waals surface area contributed by atoms with Gasteiger partial charge >= 0.3 is 0 Å². The summed E-state index contributed by atoms with van der Waals surface area (Å²) in [5.41, 5.74) is 0. The molecule has 0 saturated heterocycles. The van der Waals surface area contributed by atoms with Crippen LogP contribution in [0.1, 0.15) is 40.5 Å². The van der Waals surface area contributed by atoms with Gasteiger partial charge in [0.1, 0.15) is 7.28 Å². The van der Waals surface area contributed by atoms with Crippen LogP contribution < -0.4 is 0 Å². The van der Waals surface area contributed by atoms with E-state index in [0.717, 1.165) is 19.6 Å². The maximum absolute atomic E-state index is 9.30. The van der Waals surface area contributed by atoms with Gasteiger partial charge in [-0.1, -0.05) is 33.5 Å². The SMILES string of the molecule is CC(C)BC1(C#N)CC(C)CC1C. The van der Waals surface area contributed by atoms with Crippen LogP contribution in [0.25, 0.3) is 0 Å². The lowest BCUT2D eigenvalue weighted by molar-refractivity contribution is 0.518. The molecule has 1 aliphatic carbocycles. The molecule has 0 spiro atoms. The minimum absolute atomic E-state index is 0.00637. The predicted molar refractivity (Wildman–Crippen MR) is 58.1 cm³/mol. The van der Waals surface area contributed by atoms with Crippen LogP contribution in [0.15, 0.2) is 0 Å². The Balaban J connectivity index is 2.76. The predicted octanol–water partition coefficient (Wildman–Crippen LogP) is 3.00. The topological polar surface area (TPSA) is 23.8 Å². The zero-order valence-electron chi connectivity index (χ0n) is 9.30. The lowest BCUT2D eigenvalue weighted by Crippen LogP contribution is -2.23. The van der Waals surface area contributed by atoms with Gasteiger partial charge in [-0.05, 0) is 24.7 Å². The Kier molecular flexibility index (Phi) is 3.06. The average Bonchev–Trinajstić information content (AvgIpc) is 2.26. The van der Waals surface area contributed by atoms with E-state index >= 15 is 0 Å². The summed E-state index contributed by atoms with van der Waals surface area (Å²) in [6.45, 7) is 8.95. The zero-order chi connectivity index (χ0) is 10.1. The molecule has 0 aromatic carbocycles. The Hall–Kier alpha value is -0.445. The molecule has 0 bridgehead atoms. The second-order valence-electron chi connectivity index (χ2n) is 5.31. The highest BCUT2D eigenvalue weighted by molar-refractivity contribution is 6.43. The molecule has 3 atom stereocenters. The molecule has 0 radical (unpaired) electrons. The van der Waals surface area contributed by atoms with Crippen molar-refractivity contribution in [3.8, 4) is 6.07 Å². The highest BCUT2D eigenvalue weighted by atomic mass is 14.4. The standard InChI is InChI=1S/C11H20BN/c1-8(2)12-11(7-13)6-9(3)5-10(11)4/h8-10,12H,5-6H2,1-4H3. The normalized spacial score (nSPS) is 39.1. The van der Waals surface area contributed by atoms with Crippen molar-refractivity contribution in [1.29, 1.82) is 5.26 Å². The van der Waals surface area contributed by atoms with Gasteiger partial charge in [0, 0.05) is 5.31 Å². The van der Waals surface area contributed by atoms with Gasteiger partial charge in [0.05, 0.1) is 6.07 Å². The first kappa shape index (κ1) is 10.6. The Morgan fingerprint density at radius 3 is 2.38 bits per heavy atom. The van der Waals surface area contributed by atoms with Crippen LogP contribution in [0.3, 0.4) is 0 Å². The molecule has 1 nitrogen and oxygen atoms in total. The fraction of sp³-hybridized carbons (Fsp3) is 0.909. The average molecular weight is 177 g/mol. The van der Waals surface area contributed by atoms with Crippen LogP contribution in [-0.2, 0) is 0 Å². The quantitative estimate of drug-likeness (QED) is 0.594. The van der Waals surface area contributed by atoms with Gasteiger partial charge in [-0.25, -0.2) is 0 Å². The summed E-state index contributed by atoms with van der Waals surface area (Å²) in [4.78, 5) is 0. The van der Waals surface area contributed by atoms with Crippen LogP contribution in [0.4, 0.5) is 0 Å². The fourth-order valence-corrected chi connectivity index (χ4v) is 2.95. The van der Waals surface area contributed by atoms with Crippen molar-refractivity contribution in [2.75, 3.05) is 0 Å². The molecule has 0 aromatic heterocycles. The van der Waals surface area contributed by atoms with Crippen molar-refractivity contribution in [3.05, 3.63) is 0 Å². The second kappa shape index (κ2) is 3.74. The summed E-state index contributed by atoms with van der Waals surface area (Å²) in [5.74, 6) is 1.98. The van der Waals surface area contributed by atoms with Gasteiger partial charge in [0.2, 0.25) is 0 Å². The summed E-state index contributed by atoms with van der Waals surface area (Å²) >= 11 is 0. The van der Waals surface area contributed by atoms with Crippen molar-refractivity contribution < 1.29 is 0 Å². The lowest BCUT2D eigenvalue weighted by Gasteiger charge is -2.26. The zero-order valence-corrected chi connectivity index (χ0v) is 9.30. The molecule has 72 valence electrons. The van der Waals surface area contributed by atoms with E-state index in [1.807, 2.05) is 0 Å². The van der Waals surface area contributed by atoms with E-state index < -0.39 is 0 Å². The summed E-state index contributed by atoms with van der Waals surface area (Å²) in [6, 6.07) is 2.59. The Bertz CT molecular complexity index is 219. The molecule has 0 aromatic rings. The third-order valence-corrected chi connectivity index (χ3v) is 3.41. The molecule has 3 unspecified atom stereocenters. The van der Waals surface area contributed by atoms with Crippen molar-refractivity contribution in [2.24, 2.45) is 11.8 Å². The van der Waals surface area contributed by atoms with E-state index in [1.54, 1.807) is 0 Å². The van der Waals surface area contributed by atoms with Gasteiger partial charge in [0.25, 0.3) is 0 Å². The highest BCUT2D eigenvalue weighted by Gasteiger charge is 2.44. The first-order chi connectivity index (χ1) is 6.00. The lowest BCUT2D eigenvalue weighted by atomic mass is 9.43. The summed E-state index contributed by atoms with van der Waals surface area (Å²) in [5, 5.41) is 9.30. The fourth-order valence-electron chi connectivity index (χ4n) is 2.95. The molecule has 0 N–H and O–H groups in total. The van der Waals surface area contributed by atoms with Gasteiger partial charge in [-0.3, -0.25) is 0 Å². The molecule has 2 heteroatoms. The molecule has 0 heterocycles. The van der Waals surface area contributed by atoms with Crippen LogP contribution >= 0.6 is 0 Å². The van der Waals surface area contributed by atoms with Gasteiger partial charge in [0.15, 0.2) is 0 Å². The molecule has 1 aliphatic rings. The third-order valence-electron chi connectivity index (χ3n) is 3.41. The monoisotopic (exact) mass is 177 g/mol. The van der Waals surface area contributed by atoms with E-state index in [0.29, 0.717) is 11.7 Å². The van der Waals surface area contributed by atoms with E-state index in [4.69, 9.17) is 0 Å². The van der Waals surface area contributed by atoms with Gasteiger partial charge in [-0.2, -0.15) is 5.26 Å². The maximum atomic E-state index is 9.30. The summed E-state index contributed by atoms with van der Waals surface area (Å²) in [7, 11) is 1.08. The number of hydrogen-bond donors (Lipinski definition) is 0. The molecule has 13 heavy (non-hydrogen) atoms. The highest BCUT2D eigenvalue weighted by Crippen LogP contribution is 2.52. The van der Waals surface area contributed by atoms with Crippen LogP contribution in [0.2, 0.25) is 11.1 Å². The summed E-state index contributed by atoms with van der Waals surface area (Å²) < 4.78 is 0. The molecular weight excluding hydrogens is 157 g/mol. The number of nitrogens with zero attached hydrogens (tertiary/aromatic N) is 1. The van der Waals surface area contributed by atoms with Crippen molar-refractivity contribution >= 4 is 7.28 Å². The number of rotatable bonds is 2. The smallest absolute Gasteiger partial charge is 0.149 e. The van der Waals surface area contributed by atoms with Crippen LogP contribution in [0.5, 0.6) is 0 Å². The Morgan fingerprint density at radius 2 is 2.08 bits per heavy atom. The molecule has 1 fully saturated rings. The first-order valence-electron chi connectivity index (χ1n) is 5.41. The van der Waals surface area contributed by atoms with Gasteiger partial charge < -0.3 is 0 Å². The van der Waals surface area contributed by atoms with E-state index in [2.05, 4.69) is 33.8 Å². The van der Waals surface area contributed by atoms with Crippen molar-refractivity contribution in [3.63, 3.8) is 0 Å². The second-order valence-corrected chi connectivity index (χ2v) is 5.31. The van der Waals surface area contributed by atoms with Crippen molar-refractivity contribution in [1.82, 2.24) is 0 Å². The number of hydrogen-bond acceptors (Lipinski definition) is 1. The third kappa shape index (κ3) is 2.07.